The predicted molar refractivity (Wildman–Crippen MR) is 82.1 cm³/mol. The molecule has 0 aromatic carbocycles. The molecule has 0 N–H and O–H groups in total. The van der Waals surface area contributed by atoms with E-state index >= 15 is 0 Å². The van der Waals surface area contributed by atoms with Crippen molar-refractivity contribution in [2.24, 2.45) is 0 Å². The van der Waals surface area contributed by atoms with Crippen LogP contribution in [0, 0.1) is 6.92 Å². The predicted octanol–water partition coefficient (Wildman–Crippen LogP) is 1.38. The number of carbonyl (C=O) groups excluding carboxylic acids is 1. The van der Waals surface area contributed by atoms with Gasteiger partial charge in [0.05, 0.1) is 12.1 Å². The molecule has 3 heterocycles. The lowest BCUT2D eigenvalue weighted by molar-refractivity contribution is -0.130. The summed E-state index contributed by atoms with van der Waals surface area (Å²) in [5.74, 6) is 1.63. The van der Waals surface area contributed by atoms with Crippen LogP contribution in [0.5, 0.6) is 0 Å². The standard InChI is InChI=1S/C15H21N5O3/c1-10(2)14-16-17-15(22-14)20-6-4-19(5-7-20)13(21)9-12-8-11(3)23-18-12/h8,10H,4-7,9H2,1-3H3. The van der Waals surface area contributed by atoms with Crippen molar-refractivity contribution in [2.45, 2.75) is 33.1 Å². The fourth-order valence-electron chi connectivity index (χ4n) is 2.50. The summed E-state index contributed by atoms with van der Waals surface area (Å²) in [5.41, 5.74) is 0.674. The molecular formula is C15H21N5O3. The molecule has 1 amide bonds. The van der Waals surface area contributed by atoms with Crippen molar-refractivity contribution in [1.29, 1.82) is 0 Å². The van der Waals surface area contributed by atoms with Crippen molar-refractivity contribution in [3.8, 4) is 0 Å². The van der Waals surface area contributed by atoms with Crippen molar-refractivity contribution in [3.05, 3.63) is 23.4 Å². The molecule has 0 atom stereocenters. The van der Waals surface area contributed by atoms with E-state index in [-0.39, 0.29) is 18.2 Å². The summed E-state index contributed by atoms with van der Waals surface area (Å²) in [5, 5.41) is 12.0. The van der Waals surface area contributed by atoms with Crippen LogP contribution in [0.4, 0.5) is 6.01 Å². The maximum Gasteiger partial charge on any atom is 0.318 e. The second-order valence-corrected chi connectivity index (χ2v) is 6.05. The van der Waals surface area contributed by atoms with E-state index in [1.807, 2.05) is 30.6 Å². The Labute approximate surface area is 134 Å². The van der Waals surface area contributed by atoms with E-state index in [4.69, 9.17) is 8.94 Å². The molecule has 1 saturated heterocycles. The Balaban J connectivity index is 1.54. The van der Waals surface area contributed by atoms with Crippen molar-refractivity contribution >= 4 is 11.9 Å². The van der Waals surface area contributed by atoms with E-state index in [1.54, 1.807) is 6.07 Å². The smallest absolute Gasteiger partial charge is 0.318 e. The van der Waals surface area contributed by atoms with Gasteiger partial charge in [0.2, 0.25) is 11.8 Å². The topological polar surface area (TPSA) is 88.5 Å². The normalized spacial score (nSPS) is 15.5. The number of amides is 1. The summed E-state index contributed by atoms with van der Waals surface area (Å²) >= 11 is 0. The van der Waals surface area contributed by atoms with Gasteiger partial charge < -0.3 is 18.7 Å². The quantitative estimate of drug-likeness (QED) is 0.841. The Hall–Kier alpha value is -2.38. The zero-order valence-corrected chi connectivity index (χ0v) is 13.7. The molecule has 1 aliphatic heterocycles. The lowest BCUT2D eigenvalue weighted by Crippen LogP contribution is -2.49. The van der Waals surface area contributed by atoms with E-state index in [0.29, 0.717) is 43.8 Å². The van der Waals surface area contributed by atoms with E-state index in [9.17, 15) is 4.79 Å². The third-order valence-corrected chi connectivity index (χ3v) is 3.84. The van der Waals surface area contributed by atoms with Crippen LogP contribution in [-0.4, -0.2) is 52.3 Å². The summed E-state index contributed by atoms with van der Waals surface area (Å²) in [6.45, 7) is 8.48. The first-order valence-electron chi connectivity index (χ1n) is 7.81. The van der Waals surface area contributed by atoms with Gasteiger partial charge in [-0.25, -0.2) is 0 Å². The minimum Gasteiger partial charge on any atom is -0.408 e. The van der Waals surface area contributed by atoms with Crippen LogP contribution in [0.2, 0.25) is 0 Å². The molecule has 0 radical (unpaired) electrons. The molecule has 2 aromatic heterocycles. The molecule has 2 aromatic rings. The largest absolute Gasteiger partial charge is 0.408 e. The molecule has 8 heteroatoms. The van der Waals surface area contributed by atoms with E-state index < -0.39 is 0 Å². The van der Waals surface area contributed by atoms with Crippen LogP contribution < -0.4 is 4.90 Å². The molecule has 3 rings (SSSR count). The van der Waals surface area contributed by atoms with Gasteiger partial charge in [-0.05, 0) is 6.92 Å². The van der Waals surface area contributed by atoms with Crippen molar-refractivity contribution in [2.75, 3.05) is 31.1 Å². The number of hydrogen-bond acceptors (Lipinski definition) is 7. The molecule has 0 saturated carbocycles. The van der Waals surface area contributed by atoms with Gasteiger partial charge in [-0.3, -0.25) is 4.79 Å². The van der Waals surface area contributed by atoms with Gasteiger partial charge >= 0.3 is 6.01 Å². The molecule has 1 aliphatic rings. The summed E-state index contributed by atoms with van der Waals surface area (Å²) in [4.78, 5) is 16.1. The highest BCUT2D eigenvalue weighted by Gasteiger charge is 2.25. The maximum atomic E-state index is 12.3. The summed E-state index contributed by atoms with van der Waals surface area (Å²) in [6.07, 6.45) is 0.273. The van der Waals surface area contributed by atoms with Gasteiger partial charge in [0.1, 0.15) is 5.76 Å². The van der Waals surface area contributed by atoms with Crippen molar-refractivity contribution in [1.82, 2.24) is 20.3 Å². The van der Waals surface area contributed by atoms with E-state index in [2.05, 4.69) is 15.4 Å². The molecule has 0 unspecified atom stereocenters. The van der Waals surface area contributed by atoms with Crippen molar-refractivity contribution in [3.63, 3.8) is 0 Å². The number of nitrogens with zero attached hydrogens (tertiary/aromatic N) is 5. The fourth-order valence-corrected chi connectivity index (χ4v) is 2.50. The molecule has 0 bridgehead atoms. The molecule has 23 heavy (non-hydrogen) atoms. The Morgan fingerprint density at radius 1 is 1.26 bits per heavy atom. The Bertz CT molecular complexity index is 670. The van der Waals surface area contributed by atoms with Crippen LogP contribution in [0.25, 0.3) is 0 Å². The Morgan fingerprint density at radius 3 is 2.57 bits per heavy atom. The number of anilines is 1. The van der Waals surface area contributed by atoms with E-state index in [1.165, 1.54) is 0 Å². The zero-order valence-electron chi connectivity index (χ0n) is 13.7. The number of aromatic nitrogens is 3. The highest BCUT2D eigenvalue weighted by Crippen LogP contribution is 2.19. The van der Waals surface area contributed by atoms with Crippen LogP contribution in [0.3, 0.4) is 0 Å². The molecular weight excluding hydrogens is 298 g/mol. The maximum absolute atomic E-state index is 12.3. The van der Waals surface area contributed by atoms with E-state index in [0.717, 1.165) is 5.76 Å². The molecule has 8 nitrogen and oxygen atoms in total. The number of carbonyl (C=O) groups is 1. The monoisotopic (exact) mass is 319 g/mol. The zero-order chi connectivity index (χ0) is 16.4. The second-order valence-electron chi connectivity index (χ2n) is 6.05. The number of hydrogen-bond donors (Lipinski definition) is 0. The van der Waals surface area contributed by atoms with Gasteiger partial charge in [0, 0.05) is 38.2 Å². The summed E-state index contributed by atoms with van der Waals surface area (Å²) in [7, 11) is 0. The lowest BCUT2D eigenvalue weighted by atomic mass is 10.2. The third-order valence-electron chi connectivity index (χ3n) is 3.84. The first-order chi connectivity index (χ1) is 11.0. The minimum absolute atomic E-state index is 0.0614. The molecule has 1 fully saturated rings. The van der Waals surface area contributed by atoms with Gasteiger partial charge in [0.25, 0.3) is 0 Å². The molecule has 124 valence electrons. The van der Waals surface area contributed by atoms with Gasteiger partial charge in [0.15, 0.2) is 0 Å². The third kappa shape index (κ3) is 3.52. The summed E-state index contributed by atoms with van der Waals surface area (Å²) in [6, 6.07) is 2.33. The highest BCUT2D eigenvalue weighted by atomic mass is 16.5. The fraction of sp³-hybridized carbons (Fsp3) is 0.600. The number of rotatable bonds is 4. The minimum atomic E-state index is 0.0614. The Morgan fingerprint density at radius 2 is 2.00 bits per heavy atom. The lowest BCUT2D eigenvalue weighted by Gasteiger charge is -2.33. The van der Waals surface area contributed by atoms with Gasteiger partial charge in [-0.15, -0.1) is 5.10 Å². The second kappa shape index (κ2) is 6.39. The molecule has 0 spiro atoms. The van der Waals surface area contributed by atoms with Gasteiger partial charge in [-0.2, -0.15) is 0 Å². The van der Waals surface area contributed by atoms with Gasteiger partial charge in [-0.1, -0.05) is 24.1 Å². The SMILES string of the molecule is Cc1cc(CC(=O)N2CCN(c3nnc(C(C)C)o3)CC2)no1. The number of aryl methyl sites for hydroxylation is 1. The first kappa shape index (κ1) is 15.5. The first-order valence-corrected chi connectivity index (χ1v) is 7.81. The average Bonchev–Trinajstić information content (AvgIpc) is 3.17. The Kier molecular flexibility index (Phi) is 4.31. The average molecular weight is 319 g/mol. The van der Waals surface area contributed by atoms with Crippen molar-refractivity contribution < 1.29 is 13.7 Å². The van der Waals surface area contributed by atoms with Crippen LogP contribution in [0.1, 0.15) is 37.1 Å². The summed E-state index contributed by atoms with van der Waals surface area (Å²) < 4.78 is 10.6. The number of piperazine rings is 1. The molecule has 0 aliphatic carbocycles. The van der Waals surface area contributed by atoms with Crippen LogP contribution in [-0.2, 0) is 11.2 Å². The van der Waals surface area contributed by atoms with Crippen LogP contribution >= 0.6 is 0 Å². The van der Waals surface area contributed by atoms with Crippen LogP contribution in [0.15, 0.2) is 15.0 Å². The highest BCUT2D eigenvalue weighted by molar-refractivity contribution is 5.78.